The van der Waals surface area contributed by atoms with E-state index in [9.17, 15) is 22.8 Å². The molecule has 16 heteroatoms. The van der Waals surface area contributed by atoms with Crippen LogP contribution in [0.5, 0.6) is 0 Å². The van der Waals surface area contributed by atoms with Gasteiger partial charge in [0, 0.05) is 90.7 Å². The summed E-state index contributed by atoms with van der Waals surface area (Å²) in [6.07, 6.45) is 1.98. The van der Waals surface area contributed by atoms with Crippen LogP contribution in [0.3, 0.4) is 0 Å². The Morgan fingerprint density at radius 2 is 1.96 bits per heavy atom. The Kier molecular flexibility index (Phi) is 8.48. The molecule has 244 valence electrons. The molecular formula is C31H30F3N9O2S2. The number of alkyl halides is 3. The number of aliphatic imine (C=N–C) groups is 1. The molecule has 3 aliphatic heterocycles. The summed E-state index contributed by atoms with van der Waals surface area (Å²) >= 11 is 2.88. The molecule has 3 aromatic heterocycles. The van der Waals surface area contributed by atoms with Gasteiger partial charge in [-0.25, -0.2) is 9.97 Å². The third kappa shape index (κ3) is 6.36. The van der Waals surface area contributed by atoms with Crippen LogP contribution in [0.15, 0.2) is 46.4 Å². The number of halogens is 3. The van der Waals surface area contributed by atoms with Crippen molar-refractivity contribution in [3.63, 3.8) is 0 Å². The molecule has 0 bridgehead atoms. The number of rotatable bonds is 7. The third-order valence-corrected chi connectivity index (χ3v) is 10.4. The molecule has 0 radical (unpaired) electrons. The lowest BCUT2D eigenvalue weighted by Gasteiger charge is -2.31. The largest absolute Gasteiger partial charge is 0.418 e. The van der Waals surface area contributed by atoms with Gasteiger partial charge in [-0.15, -0.1) is 11.3 Å². The molecular weight excluding hydrogens is 652 g/mol. The number of hydrogen-bond donors (Lipinski definition) is 2. The minimum Gasteiger partial charge on any atom is -0.368 e. The number of aromatic nitrogens is 4. The summed E-state index contributed by atoms with van der Waals surface area (Å²) in [4.78, 5) is 47.9. The molecule has 2 fully saturated rings. The highest BCUT2D eigenvalue weighted by Gasteiger charge is 2.35. The summed E-state index contributed by atoms with van der Waals surface area (Å²) in [5.41, 5.74) is 0.994. The number of nitrogens with zero attached hydrogens (tertiary/aromatic N) is 7. The smallest absolute Gasteiger partial charge is 0.368 e. The number of anilines is 3. The van der Waals surface area contributed by atoms with Gasteiger partial charge in [0.15, 0.2) is 0 Å². The number of nitrogens with one attached hydrogen (secondary N) is 2. The Bertz CT molecular complexity index is 1980. The van der Waals surface area contributed by atoms with Crippen LogP contribution in [0.1, 0.15) is 28.3 Å². The number of carbonyl (C=O) groups excluding carboxylic acids is 1. The molecule has 11 nitrogen and oxygen atoms in total. The average molecular weight is 682 g/mol. The fourth-order valence-corrected chi connectivity index (χ4v) is 7.70. The monoisotopic (exact) mass is 681 g/mol. The van der Waals surface area contributed by atoms with Gasteiger partial charge in [-0.05, 0) is 49.6 Å². The Labute approximate surface area is 275 Å². The zero-order valence-corrected chi connectivity index (χ0v) is 26.9. The van der Waals surface area contributed by atoms with Crippen molar-refractivity contribution in [3.8, 4) is 11.3 Å². The standard InChI is InChI=1S/C31H30F3N9O2S2/c1-18-26(39-28(47-18)19-5-6-36-15-19)22-13-20-16-37-30(40-27(20)42(29(22)45)17-25(44)43-9-2-12-46-43)38-21-3-4-24(23(14-21)31(32,33)34)41-10-7-35-8-11-41/h3-4,6,13-16,35H,2,5,7-12,17H2,1H3,(H,37,38,40). The molecule has 1 amide bonds. The topological polar surface area (TPSA) is 121 Å². The first kappa shape index (κ1) is 31.3. The molecule has 0 unspecified atom stereocenters. The van der Waals surface area contributed by atoms with Gasteiger partial charge in [0.1, 0.15) is 17.2 Å². The number of hydrogen-bond acceptors (Lipinski definition) is 11. The van der Waals surface area contributed by atoms with Crippen LogP contribution in [-0.2, 0) is 17.5 Å². The number of amides is 1. The van der Waals surface area contributed by atoms with Gasteiger partial charge >= 0.3 is 6.18 Å². The summed E-state index contributed by atoms with van der Waals surface area (Å²) < 4.78 is 45.5. The summed E-state index contributed by atoms with van der Waals surface area (Å²) in [6, 6.07) is 5.70. The molecule has 2 saturated heterocycles. The van der Waals surface area contributed by atoms with E-state index in [4.69, 9.17) is 4.98 Å². The van der Waals surface area contributed by atoms with Gasteiger partial charge in [-0.1, -0.05) is 0 Å². The number of aryl methyl sites for hydroxylation is 1. The molecule has 1 aromatic carbocycles. The van der Waals surface area contributed by atoms with Gasteiger partial charge in [0.25, 0.3) is 11.5 Å². The minimum absolute atomic E-state index is 0.00950. The van der Waals surface area contributed by atoms with Crippen molar-refractivity contribution in [1.82, 2.24) is 29.1 Å². The second-order valence-corrected chi connectivity index (χ2v) is 13.6. The van der Waals surface area contributed by atoms with Crippen molar-refractivity contribution in [2.45, 2.75) is 32.5 Å². The van der Waals surface area contributed by atoms with Gasteiger partial charge in [-0.2, -0.15) is 18.2 Å². The molecule has 0 saturated carbocycles. The van der Waals surface area contributed by atoms with Crippen LogP contribution in [0.2, 0.25) is 0 Å². The van der Waals surface area contributed by atoms with E-state index >= 15 is 0 Å². The van der Waals surface area contributed by atoms with E-state index < -0.39 is 17.3 Å². The summed E-state index contributed by atoms with van der Waals surface area (Å²) in [5, 5.41) is 7.29. The number of benzene rings is 1. The van der Waals surface area contributed by atoms with Crippen LogP contribution >= 0.6 is 23.3 Å². The van der Waals surface area contributed by atoms with Crippen LogP contribution < -0.4 is 21.1 Å². The average Bonchev–Trinajstić information content (AvgIpc) is 3.86. The molecule has 2 N–H and O–H groups in total. The highest BCUT2D eigenvalue weighted by molar-refractivity contribution is 7.97. The van der Waals surface area contributed by atoms with Crippen molar-refractivity contribution in [3.05, 3.63) is 62.5 Å². The number of thiazole rings is 1. The van der Waals surface area contributed by atoms with E-state index in [0.717, 1.165) is 33.7 Å². The third-order valence-electron chi connectivity index (χ3n) is 8.14. The highest BCUT2D eigenvalue weighted by Crippen LogP contribution is 2.39. The lowest BCUT2D eigenvalue weighted by atomic mass is 10.1. The van der Waals surface area contributed by atoms with Crippen molar-refractivity contribution >= 4 is 69.3 Å². The van der Waals surface area contributed by atoms with Gasteiger partial charge in [0.2, 0.25) is 5.95 Å². The fraction of sp³-hybridized carbons (Fsp3) is 0.355. The zero-order chi connectivity index (χ0) is 32.7. The van der Waals surface area contributed by atoms with E-state index in [2.05, 4.69) is 25.6 Å². The maximum absolute atomic E-state index is 14.2. The summed E-state index contributed by atoms with van der Waals surface area (Å²) in [6.45, 7) is 4.33. The molecule has 0 atom stereocenters. The lowest BCUT2D eigenvalue weighted by Crippen LogP contribution is -2.44. The van der Waals surface area contributed by atoms with E-state index in [1.54, 1.807) is 33.8 Å². The Morgan fingerprint density at radius 3 is 2.68 bits per heavy atom. The predicted molar refractivity (Wildman–Crippen MR) is 179 cm³/mol. The summed E-state index contributed by atoms with van der Waals surface area (Å²) in [7, 11) is 0. The minimum atomic E-state index is -4.58. The Balaban J connectivity index is 1.28. The first-order valence-electron chi connectivity index (χ1n) is 15.1. The van der Waals surface area contributed by atoms with Crippen molar-refractivity contribution in [2.75, 3.05) is 48.7 Å². The lowest BCUT2D eigenvalue weighted by molar-refractivity contribution is -0.137. The van der Waals surface area contributed by atoms with E-state index in [0.29, 0.717) is 55.8 Å². The van der Waals surface area contributed by atoms with Crippen LogP contribution in [0, 0.1) is 6.92 Å². The highest BCUT2D eigenvalue weighted by atomic mass is 32.2. The molecule has 6 heterocycles. The Morgan fingerprint density at radius 1 is 1.13 bits per heavy atom. The van der Waals surface area contributed by atoms with Crippen LogP contribution in [-0.4, -0.2) is 74.4 Å². The first-order chi connectivity index (χ1) is 22.7. The predicted octanol–water partition coefficient (Wildman–Crippen LogP) is 5.09. The molecule has 4 aromatic rings. The molecule has 0 spiro atoms. The van der Waals surface area contributed by atoms with Crippen LogP contribution in [0.4, 0.5) is 30.5 Å². The molecule has 7 rings (SSSR count). The number of fused-ring (bicyclic) bond motifs is 1. The molecule has 47 heavy (non-hydrogen) atoms. The van der Waals surface area contributed by atoms with Crippen molar-refractivity contribution in [2.24, 2.45) is 4.99 Å². The quantitative estimate of drug-likeness (QED) is 0.257. The van der Waals surface area contributed by atoms with Crippen LogP contribution in [0.25, 0.3) is 27.9 Å². The normalized spacial score (nSPS) is 16.7. The SMILES string of the molecule is Cc1sc(C2=CN=CC2)nc1-c1cc2cnc(Nc3ccc(N4CCNCC4)c(C(F)(F)F)c3)nc2n(CC(=O)N2CCCS2)c1=O. The van der Waals surface area contributed by atoms with E-state index in [-0.39, 0.29) is 35.4 Å². The number of piperazine rings is 1. The first-order valence-corrected chi connectivity index (χ1v) is 16.9. The number of allylic oxidation sites excluding steroid dienone is 1. The van der Waals surface area contributed by atoms with E-state index in [1.807, 2.05) is 6.92 Å². The summed E-state index contributed by atoms with van der Waals surface area (Å²) in [5.74, 6) is 0.555. The van der Waals surface area contributed by atoms with Gasteiger partial charge in [0.05, 0.1) is 16.8 Å². The molecule has 0 aliphatic carbocycles. The van der Waals surface area contributed by atoms with Gasteiger partial charge < -0.3 is 15.5 Å². The zero-order valence-electron chi connectivity index (χ0n) is 25.3. The fourth-order valence-electron chi connectivity index (χ4n) is 5.82. The van der Waals surface area contributed by atoms with Crippen molar-refractivity contribution < 1.29 is 18.0 Å². The van der Waals surface area contributed by atoms with Gasteiger partial charge in [-0.3, -0.25) is 23.5 Å². The second-order valence-electron chi connectivity index (χ2n) is 11.3. The number of carbonyl (C=O) groups is 1. The molecule has 3 aliphatic rings. The maximum atomic E-state index is 14.2. The number of pyridine rings is 1. The van der Waals surface area contributed by atoms with Crippen molar-refractivity contribution in [1.29, 1.82) is 0 Å². The Hall–Kier alpha value is -4.28. The maximum Gasteiger partial charge on any atom is 0.418 e. The van der Waals surface area contributed by atoms with E-state index in [1.165, 1.54) is 40.1 Å². The second kappa shape index (κ2) is 12.7.